The number of nitrogens with one attached hydrogen (secondary N) is 1. The van der Waals surface area contributed by atoms with E-state index in [0.717, 1.165) is 4.68 Å². The molecule has 0 fully saturated rings. The van der Waals surface area contributed by atoms with Gasteiger partial charge in [-0.2, -0.15) is 27.1 Å². The van der Waals surface area contributed by atoms with E-state index in [1.54, 1.807) is 6.92 Å². The van der Waals surface area contributed by atoms with Gasteiger partial charge in [0.1, 0.15) is 13.3 Å². The zero-order chi connectivity index (χ0) is 20.7. The van der Waals surface area contributed by atoms with Crippen molar-refractivity contribution >= 4 is 11.6 Å². The third-order valence-corrected chi connectivity index (χ3v) is 3.10. The van der Waals surface area contributed by atoms with E-state index in [-0.39, 0.29) is 29.4 Å². The molecule has 7 nitrogen and oxygen atoms in total. The quantitative estimate of drug-likeness (QED) is 0.640. The number of amides is 1. The number of halogens is 5. The predicted octanol–water partition coefficient (Wildman–Crippen LogP) is 3.67. The van der Waals surface area contributed by atoms with Gasteiger partial charge in [-0.1, -0.05) is 0 Å². The van der Waals surface area contributed by atoms with Gasteiger partial charge < -0.3 is 19.5 Å². The molecule has 2 aromatic rings. The molecular formula is C16H16F5N3O4. The second kappa shape index (κ2) is 9.35. The third-order valence-electron chi connectivity index (χ3n) is 3.10. The van der Waals surface area contributed by atoms with E-state index in [1.807, 2.05) is 0 Å². The lowest BCUT2D eigenvalue weighted by molar-refractivity contribution is -0.182. The Hall–Kier alpha value is -2.89. The molecule has 1 aromatic heterocycles. The first-order valence-electron chi connectivity index (χ1n) is 7.88. The average molecular weight is 409 g/mol. The lowest BCUT2D eigenvalue weighted by Gasteiger charge is -2.12. The van der Waals surface area contributed by atoms with E-state index in [9.17, 15) is 26.7 Å². The normalized spacial score (nSPS) is 11.5. The van der Waals surface area contributed by atoms with E-state index in [0.29, 0.717) is 0 Å². The first kappa shape index (κ1) is 21.4. The molecule has 0 atom stereocenters. The van der Waals surface area contributed by atoms with Crippen LogP contribution >= 0.6 is 0 Å². The van der Waals surface area contributed by atoms with Crippen molar-refractivity contribution < 1.29 is 41.0 Å². The molecule has 28 heavy (non-hydrogen) atoms. The maximum atomic E-state index is 12.4. The fraction of sp³-hybridized carbons (Fsp3) is 0.375. The summed E-state index contributed by atoms with van der Waals surface area (Å²) >= 11 is 0. The Balaban J connectivity index is 2.01. The highest BCUT2D eigenvalue weighted by Crippen LogP contribution is 2.30. The number of ether oxygens (including phenoxy) is 3. The second-order valence-corrected chi connectivity index (χ2v) is 5.29. The molecule has 0 bridgehead atoms. The number of hydrogen-bond acceptors (Lipinski definition) is 5. The minimum Gasteiger partial charge on any atom is -0.490 e. The van der Waals surface area contributed by atoms with Crippen molar-refractivity contribution in [2.45, 2.75) is 26.4 Å². The minimum absolute atomic E-state index is 0.0355. The van der Waals surface area contributed by atoms with E-state index >= 15 is 0 Å². The molecule has 0 aliphatic heterocycles. The zero-order valence-corrected chi connectivity index (χ0v) is 14.5. The third kappa shape index (κ3) is 6.68. The second-order valence-electron chi connectivity index (χ2n) is 5.29. The Morgan fingerprint density at radius 1 is 1.29 bits per heavy atom. The summed E-state index contributed by atoms with van der Waals surface area (Å²) in [6.07, 6.45) is -1.97. The standard InChI is InChI=1S/C16H16F5N3O4/c1-2-27-13-5-10(3-4-12(13)28-15(17)18)14(25)23-11-6-22-24(7-11)9-26-8-16(19,20)21/h3-7,15H,2,8-9H2,1H3,(H,23,25). The smallest absolute Gasteiger partial charge is 0.411 e. The SMILES string of the molecule is CCOc1cc(C(=O)Nc2cnn(COCC(F)(F)F)c2)ccc1OC(F)F. The van der Waals surface area contributed by atoms with Crippen LogP contribution in [0.5, 0.6) is 11.5 Å². The van der Waals surface area contributed by atoms with Gasteiger partial charge in [-0.05, 0) is 25.1 Å². The minimum atomic E-state index is -4.46. The van der Waals surface area contributed by atoms with Gasteiger partial charge in [-0.15, -0.1) is 0 Å². The van der Waals surface area contributed by atoms with Gasteiger partial charge in [0, 0.05) is 5.56 Å². The molecule has 12 heteroatoms. The van der Waals surface area contributed by atoms with Crippen molar-refractivity contribution in [2.75, 3.05) is 18.5 Å². The van der Waals surface area contributed by atoms with Crippen LogP contribution in [-0.2, 0) is 11.5 Å². The topological polar surface area (TPSA) is 74.6 Å². The molecule has 0 radical (unpaired) electrons. The summed E-state index contributed by atoms with van der Waals surface area (Å²) in [5.74, 6) is -0.866. The molecule has 1 aromatic carbocycles. The Morgan fingerprint density at radius 3 is 2.68 bits per heavy atom. The van der Waals surface area contributed by atoms with Crippen molar-refractivity contribution in [2.24, 2.45) is 0 Å². The number of hydrogen-bond donors (Lipinski definition) is 1. The highest BCUT2D eigenvalue weighted by molar-refractivity contribution is 6.04. The highest BCUT2D eigenvalue weighted by Gasteiger charge is 2.27. The summed E-state index contributed by atoms with van der Waals surface area (Å²) in [5, 5.41) is 6.23. The molecule has 0 unspecified atom stereocenters. The van der Waals surface area contributed by atoms with Crippen LogP contribution in [0.1, 0.15) is 17.3 Å². The molecule has 0 aliphatic carbocycles. The van der Waals surface area contributed by atoms with Crippen LogP contribution in [0.3, 0.4) is 0 Å². The number of benzene rings is 1. The van der Waals surface area contributed by atoms with Crippen LogP contribution in [0.2, 0.25) is 0 Å². The van der Waals surface area contributed by atoms with Gasteiger partial charge in [0.15, 0.2) is 11.5 Å². The predicted molar refractivity (Wildman–Crippen MR) is 86.4 cm³/mol. The van der Waals surface area contributed by atoms with Gasteiger partial charge in [-0.25, -0.2) is 4.68 Å². The van der Waals surface area contributed by atoms with Crippen LogP contribution < -0.4 is 14.8 Å². The van der Waals surface area contributed by atoms with E-state index in [2.05, 4.69) is 19.9 Å². The van der Waals surface area contributed by atoms with Gasteiger partial charge in [0.05, 0.1) is 24.7 Å². The number of aromatic nitrogens is 2. The largest absolute Gasteiger partial charge is 0.490 e. The maximum Gasteiger partial charge on any atom is 0.411 e. The highest BCUT2D eigenvalue weighted by atomic mass is 19.4. The Bertz CT molecular complexity index is 795. The van der Waals surface area contributed by atoms with Crippen LogP contribution in [0, 0.1) is 0 Å². The van der Waals surface area contributed by atoms with Gasteiger partial charge >= 0.3 is 12.8 Å². The zero-order valence-electron chi connectivity index (χ0n) is 14.5. The van der Waals surface area contributed by atoms with Gasteiger partial charge in [0.2, 0.25) is 0 Å². The lowest BCUT2D eigenvalue weighted by Crippen LogP contribution is -2.18. The summed E-state index contributed by atoms with van der Waals surface area (Å²) in [6.45, 7) is -3.14. The number of nitrogens with zero attached hydrogens (tertiary/aromatic N) is 2. The summed E-state index contributed by atoms with van der Waals surface area (Å²) in [6, 6.07) is 3.65. The molecular weight excluding hydrogens is 393 g/mol. The molecule has 0 saturated heterocycles. The van der Waals surface area contributed by atoms with Crippen molar-refractivity contribution in [3.8, 4) is 11.5 Å². The monoisotopic (exact) mass is 409 g/mol. The van der Waals surface area contributed by atoms with Crippen molar-refractivity contribution in [3.05, 3.63) is 36.2 Å². The number of carbonyl (C=O) groups excluding carboxylic acids is 1. The van der Waals surface area contributed by atoms with Crippen molar-refractivity contribution in [1.29, 1.82) is 0 Å². The summed E-state index contributed by atoms with van der Waals surface area (Å²) in [7, 11) is 0. The average Bonchev–Trinajstić information content (AvgIpc) is 3.02. The van der Waals surface area contributed by atoms with Crippen LogP contribution in [0.4, 0.5) is 27.6 Å². The number of anilines is 1. The molecule has 0 spiro atoms. The number of carbonyl (C=O) groups is 1. The van der Waals surface area contributed by atoms with E-state index < -0.39 is 32.0 Å². The summed E-state index contributed by atoms with van der Waals surface area (Å²) < 4.78 is 75.9. The maximum absolute atomic E-state index is 12.4. The fourth-order valence-corrected chi connectivity index (χ4v) is 2.07. The molecule has 154 valence electrons. The first-order valence-corrected chi connectivity index (χ1v) is 7.88. The fourth-order valence-electron chi connectivity index (χ4n) is 2.07. The molecule has 0 saturated carbocycles. The lowest BCUT2D eigenvalue weighted by atomic mass is 10.2. The first-order chi connectivity index (χ1) is 13.2. The molecule has 1 amide bonds. The van der Waals surface area contributed by atoms with Crippen LogP contribution in [-0.4, -0.2) is 41.7 Å². The van der Waals surface area contributed by atoms with Crippen LogP contribution in [0.25, 0.3) is 0 Å². The Kier molecular flexibility index (Phi) is 7.15. The Labute approximate surface area is 156 Å². The Morgan fingerprint density at radius 2 is 2.04 bits per heavy atom. The summed E-state index contributed by atoms with van der Waals surface area (Å²) in [5.41, 5.74) is 0.289. The van der Waals surface area contributed by atoms with Crippen LogP contribution in [0.15, 0.2) is 30.6 Å². The molecule has 0 aliphatic rings. The van der Waals surface area contributed by atoms with Gasteiger partial charge in [-0.3, -0.25) is 4.79 Å². The number of rotatable bonds is 9. The molecule has 2 rings (SSSR count). The van der Waals surface area contributed by atoms with E-state index in [1.165, 1.54) is 30.6 Å². The van der Waals surface area contributed by atoms with Crippen molar-refractivity contribution in [1.82, 2.24) is 9.78 Å². The van der Waals surface area contributed by atoms with Crippen molar-refractivity contribution in [3.63, 3.8) is 0 Å². The molecule has 1 N–H and O–H groups in total. The van der Waals surface area contributed by atoms with E-state index in [4.69, 9.17) is 4.74 Å². The molecule has 1 heterocycles. The van der Waals surface area contributed by atoms with Gasteiger partial charge in [0.25, 0.3) is 5.91 Å². The number of alkyl halides is 5. The summed E-state index contributed by atoms with van der Waals surface area (Å²) in [4.78, 5) is 12.3.